The number of carbonyl (C=O) groups is 1. The molecule has 1 aliphatic heterocycles. The normalized spacial score (nSPS) is 15.3. The first-order valence-corrected chi connectivity index (χ1v) is 7.65. The van der Waals surface area contributed by atoms with E-state index in [9.17, 15) is 4.79 Å². The summed E-state index contributed by atoms with van der Waals surface area (Å²) in [5.41, 5.74) is 5.41. The van der Waals surface area contributed by atoms with E-state index in [1.807, 2.05) is 29.2 Å². The summed E-state index contributed by atoms with van der Waals surface area (Å²) in [5, 5.41) is 0.709. The van der Waals surface area contributed by atoms with Crippen molar-refractivity contribution in [3.05, 3.63) is 29.3 Å². The van der Waals surface area contributed by atoms with Crippen LogP contribution in [0, 0.1) is 0 Å². The van der Waals surface area contributed by atoms with E-state index in [2.05, 4.69) is 4.90 Å². The van der Waals surface area contributed by atoms with Crippen LogP contribution in [-0.2, 0) is 4.79 Å². The van der Waals surface area contributed by atoms with Gasteiger partial charge >= 0.3 is 0 Å². The third-order valence-corrected chi connectivity index (χ3v) is 3.83. The highest BCUT2D eigenvalue weighted by molar-refractivity contribution is 6.30. The van der Waals surface area contributed by atoms with Crippen LogP contribution in [0.25, 0.3) is 0 Å². The van der Waals surface area contributed by atoms with Crippen LogP contribution in [0.4, 0.5) is 0 Å². The fourth-order valence-corrected chi connectivity index (χ4v) is 2.45. The molecule has 0 atom stereocenters. The number of nitrogens with zero attached hydrogens (tertiary/aromatic N) is 2. The Labute approximate surface area is 142 Å². The molecule has 1 aromatic carbocycles. The number of rotatable bonds is 6. The fourth-order valence-electron chi connectivity index (χ4n) is 2.33. The number of hydrogen-bond donors (Lipinski definition) is 1. The average molecular weight is 348 g/mol. The van der Waals surface area contributed by atoms with Crippen molar-refractivity contribution in [1.29, 1.82) is 0 Å². The Balaban J connectivity index is 0.00000242. The van der Waals surface area contributed by atoms with Crippen LogP contribution in [0.5, 0.6) is 5.75 Å². The largest absolute Gasteiger partial charge is 0.492 e. The molecular formula is C15H23Cl2N3O2. The van der Waals surface area contributed by atoms with Gasteiger partial charge in [-0.1, -0.05) is 11.6 Å². The number of halogens is 2. The molecule has 5 nitrogen and oxygen atoms in total. The highest BCUT2D eigenvalue weighted by atomic mass is 35.5. The van der Waals surface area contributed by atoms with Crippen molar-refractivity contribution >= 4 is 29.9 Å². The van der Waals surface area contributed by atoms with Gasteiger partial charge in [0.15, 0.2) is 0 Å². The number of piperazine rings is 1. The predicted molar refractivity (Wildman–Crippen MR) is 90.9 cm³/mol. The molecule has 7 heteroatoms. The maximum absolute atomic E-state index is 11.7. The third kappa shape index (κ3) is 6.01. The summed E-state index contributed by atoms with van der Waals surface area (Å²) in [5.74, 6) is 0.991. The fraction of sp³-hybridized carbons (Fsp3) is 0.533. The van der Waals surface area contributed by atoms with Gasteiger partial charge in [0.1, 0.15) is 12.4 Å². The van der Waals surface area contributed by atoms with Gasteiger partial charge in [-0.2, -0.15) is 0 Å². The van der Waals surface area contributed by atoms with Gasteiger partial charge < -0.3 is 15.4 Å². The van der Waals surface area contributed by atoms with Gasteiger partial charge in [-0.3, -0.25) is 9.69 Å². The van der Waals surface area contributed by atoms with Crippen molar-refractivity contribution in [2.45, 2.75) is 6.42 Å². The Morgan fingerprint density at radius 2 is 1.82 bits per heavy atom. The van der Waals surface area contributed by atoms with Gasteiger partial charge in [-0.05, 0) is 24.3 Å². The van der Waals surface area contributed by atoms with Gasteiger partial charge in [0.2, 0.25) is 5.91 Å². The zero-order valence-electron chi connectivity index (χ0n) is 12.5. The Hall–Kier alpha value is -1.01. The molecule has 1 amide bonds. The lowest BCUT2D eigenvalue weighted by atomic mass is 10.2. The molecule has 2 rings (SSSR count). The van der Waals surface area contributed by atoms with Crippen molar-refractivity contribution < 1.29 is 9.53 Å². The van der Waals surface area contributed by atoms with Gasteiger partial charge in [0.25, 0.3) is 0 Å². The number of benzene rings is 1. The Morgan fingerprint density at radius 1 is 1.18 bits per heavy atom. The highest BCUT2D eigenvalue weighted by Gasteiger charge is 2.20. The molecule has 0 aliphatic carbocycles. The molecular weight excluding hydrogens is 325 g/mol. The van der Waals surface area contributed by atoms with Crippen LogP contribution in [0.2, 0.25) is 5.02 Å². The van der Waals surface area contributed by atoms with Crippen LogP contribution in [0.1, 0.15) is 6.42 Å². The predicted octanol–water partition coefficient (Wildman–Crippen LogP) is 1.63. The zero-order chi connectivity index (χ0) is 15.1. The van der Waals surface area contributed by atoms with Gasteiger partial charge in [-0.15, -0.1) is 12.4 Å². The molecule has 1 heterocycles. The van der Waals surface area contributed by atoms with Crippen LogP contribution >= 0.6 is 24.0 Å². The average Bonchev–Trinajstić information content (AvgIpc) is 2.50. The van der Waals surface area contributed by atoms with Crippen molar-refractivity contribution in [3.63, 3.8) is 0 Å². The molecule has 0 aromatic heterocycles. The Bertz CT molecular complexity index is 449. The quantitative estimate of drug-likeness (QED) is 0.849. The first kappa shape index (κ1) is 19.0. The van der Waals surface area contributed by atoms with E-state index < -0.39 is 0 Å². The number of hydrogen-bond acceptors (Lipinski definition) is 4. The molecule has 1 aliphatic rings. The number of carbonyl (C=O) groups excluding carboxylic acids is 1. The van der Waals surface area contributed by atoms with E-state index in [0.29, 0.717) is 24.6 Å². The van der Waals surface area contributed by atoms with Gasteiger partial charge in [0.05, 0.1) is 0 Å². The molecule has 22 heavy (non-hydrogen) atoms. The summed E-state index contributed by atoms with van der Waals surface area (Å²) in [6.07, 6.45) is 0.444. The van der Waals surface area contributed by atoms with Gasteiger partial charge in [0, 0.05) is 50.7 Å². The molecule has 2 N–H and O–H groups in total. The number of ether oxygens (including phenoxy) is 1. The van der Waals surface area contributed by atoms with E-state index in [1.54, 1.807) is 0 Å². The van der Waals surface area contributed by atoms with E-state index in [0.717, 1.165) is 38.5 Å². The second-order valence-corrected chi connectivity index (χ2v) is 5.50. The molecule has 0 radical (unpaired) electrons. The smallest absolute Gasteiger partial charge is 0.223 e. The summed E-state index contributed by atoms with van der Waals surface area (Å²) in [7, 11) is 0. The Morgan fingerprint density at radius 3 is 2.41 bits per heavy atom. The summed E-state index contributed by atoms with van der Waals surface area (Å²) < 4.78 is 5.68. The molecule has 0 unspecified atom stereocenters. The summed E-state index contributed by atoms with van der Waals surface area (Å²) in [6.45, 7) is 5.26. The van der Waals surface area contributed by atoms with Crippen LogP contribution in [-0.4, -0.2) is 61.6 Å². The van der Waals surface area contributed by atoms with E-state index in [1.165, 1.54) is 0 Å². The second-order valence-electron chi connectivity index (χ2n) is 5.06. The van der Waals surface area contributed by atoms with Crippen molar-refractivity contribution in [1.82, 2.24) is 9.80 Å². The summed E-state index contributed by atoms with van der Waals surface area (Å²) in [6, 6.07) is 7.37. The van der Waals surface area contributed by atoms with E-state index in [-0.39, 0.29) is 18.3 Å². The minimum atomic E-state index is 0. The molecule has 0 bridgehead atoms. The van der Waals surface area contributed by atoms with E-state index >= 15 is 0 Å². The van der Waals surface area contributed by atoms with Crippen LogP contribution < -0.4 is 10.5 Å². The lowest BCUT2D eigenvalue weighted by Crippen LogP contribution is -2.49. The second kappa shape index (κ2) is 9.90. The minimum absolute atomic E-state index is 0. The Kier molecular flexibility index (Phi) is 8.56. The monoisotopic (exact) mass is 347 g/mol. The minimum Gasteiger partial charge on any atom is -0.492 e. The molecule has 1 saturated heterocycles. The van der Waals surface area contributed by atoms with Gasteiger partial charge in [-0.25, -0.2) is 0 Å². The maximum atomic E-state index is 11.7. The van der Waals surface area contributed by atoms with Crippen LogP contribution in [0.15, 0.2) is 24.3 Å². The first-order chi connectivity index (χ1) is 10.2. The topological polar surface area (TPSA) is 58.8 Å². The van der Waals surface area contributed by atoms with Crippen molar-refractivity contribution in [2.24, 2.45) is 5.73 Å². The molecule has 0 saturated carbocycles. The SMILES string of the molecule is Cl.NCCC(=O)N1CCN(CCOc2ccc(Cl)cc2)CC1. The van der Waals surface area contributed by atoms with Crippen molar-refractivity contribution in [2.75, 3.05) is 45.9 Å². The standard InChI is InChI=1S/C15H22ClN3O2.ClH/c16-13-1-3-14(4-2-13)21-12-11-18-7-9-19(10-8-18)15(20)5-6-17;/h1-4H,5-12,17H2;1H. The summed E-state index contributed by atoms with van der Waals surface area (Å²) >= 11 is 5.83. The number of amides is 1. The third-order valence-electron chi connectivity index (χ3n) is 3.57. The first-order valence-electron chi connectivity index (χ1n) is 7.27. The lowest BCUT2D eigenvalue weighted by molar-refractivity contribution is -0.132. The molecule has 0 spiro atoms. The van der Waals surface area contributed by atoms with Crippen molar-refractivity contribution in [3.8, 4) is 5.75 Å². The van der Waals surface area contributed by atoms with Crippen LogP contribution in [0.3, 0.4) is 0 Å². The maximum Gasteiger partial charge on any atom is 0.223 e. The lowest BCUT2D eigenvalue weighted by Gasteiger charge is -2.34. The number of nitrogens with two attached hydrogens (primary N) is 1. The highest BCUT2D eigenvalue weighted by Crippen LogP contribution is 2.15. The zero-order valence-corrected chi connectivity index (χ0v) is 14.1. The molecule has 1 aromatic rings. The molecule has 124 valence electrons. The van der Waals surface area contributed by atoms with E-state index in [4.69, 9.17) is 22.1 Å². The molecule has 1 fully saturated rings. The summed E-state index contributed by atoms with van der Waals surface area (Å²) in [4.78, 5) is 15.9.